The van der Waals surface area contributed by atoms with Crippen LogP contribution in [0.1, 0.15) is 34.5 Å². The highest BCUT2D eigenvalue weighted by Crippen LogP contribution is 2.27. The van der Waals surface area contributed by atoms with Crippen molar-refractivity contribution in [3.63, 3.8) is 0 Å². The van der Waals surface area contributed by atoms with Crippen molar-refractivity contribution < 1.29 is 14.3 Å². The summed E-state index contributed by atoms with van der Waals surface area (Å²) in [5, 5.41) is 13.4. The fourth-order valence-electron chi connectivity index (χ4n) is 3.51. The number of furan rings is 1. The number of halogens is 1. The van der Waals surface area contributed by atoms with Gasteiger partial charge in [-0.2, -0.15) is 0 Å². The Kier molecular flexibility index (Phi) is 5.80. The van der Waals surface area contributed by atoms with E-state index in [9.17, 15) is 9.90 Å². The van der Waals surface area contributed by atoms with Gasteiger partial charge in [0.25, 0.3) is 5.91 Å². The van der Waals surface area contributed by atoms with Gasteiger partial charge in [0, 0.05) is 31.6 Å². The fraction of sp³-hybridized carbons (Fsp3) is 0.318. The van der Waals surface area contributed by atoms with Crippen molar-refractivity contribution in [1.29, 1.82) is 0 Å². The molecule has 2 N–H and O–H groups in total. The van der Waals surface area contributed by atoms with E-state index in [0.29, 0.717) is 17.9 Å². The number of nitrogens with zero attached hydrogens (tertiary/aromatic N) is 1. The van der Waals surface area contributed by atoms with Crippen molar-refractivity contribution >= 4 is 32.8 Å². The second-order valence-electron chi connectivity index (χ2n) is 7.28. The first-order valence-corrected chi connectivity index (χ1v) is 10.3. The van der Waals surface area contributed by atoms with Crippen LogP contribution in [0, 0.1) is 0 Å². The maximum atomic E-state index is 12.4. The lowest BCUT2D eigenvalue weighted by Gasteiger charge is -2.29. The predicted octanol–water partition coefficient (Wildman–Crippen LogP) is 4.08. The molecular weight excluding hydrogens is 420 g/mol. The van der Waals surface area contributed by atoms with Gasteiger partial charge in [0.05, 0.1) is 10.6 Å². The molecule has 3 aromatic rings. The highest BCUT2D eigenvalue weighted by molar-refractivity contribution is 9.10. The van der Waals surface area contributed by atoms with E-state index in [1.165, 1.54) is 5.56 Å². The number of carbonyl (C=O) groups is 1. The molecule has 0 bridgehead atoms. The molecule has 28 heavy (non-hydrogen) atoms. The van der Waals surface area contributed by atoms with Crippen molar-refractivity contribution in [2.45, 2.75) is 32.0 Å². The zero-order chi connectivity index (χ0) is 19.5. The van der Waals surface area contributed by atoms with E-state index in [-0.39, 0.29) is 12.0 Å². The second kappa shape index (κ2) is 8.47. The van der Waals surface area contributed by atoms with Crippen LogP contribution in [0.4, 0.5) is 0 Å². The number of carbonyl (C=O) groups excluding carboxylic acids is 1. The number of para-hydroxylation sites is 1. The van der Waals surface area contributed by atoms with Gasteiger partial charge in [-0.05, 0) is 52.0 Å². The van der Waals surface area contributed by atoms with E-state index in [0.717, 1.165) is 47.9 Å². The van der Waals surface area contributed by atoms with E-state index >= 15 is 0 Å². The van der Waals surface area contributed by atoms with E-state index in [1.54, 1.807) is 6.07 Å². The molecule has 6 heteroatoms. The van der Waals surface area contributed by atoms with E-state index in [1.807, 2.05) is 30.3 Å². The maximum Gasteiger partial charge on any atom is 0.287 e. The Morgan fingerprint density at radius 1 is 1.14 bits per heavy atom. The minimum absolute atomic E-state index is 0.143. The van der Waals surface area contributed by atoms with E-state index in [4.69, 9.17) is 4.42 Å². The van der Waals surface area contributed by atoms with Crippen LogP contribution in [0.2, 0.25) is 0 Å². The maximum absolute atomic E-state index is 12.4. The van der Waals surface area contributed by atoms with E-state index < -0.39 is 0 Å². The lowest BCUT2D eigenvalue weighted by Crippen LogP contribution is -2.35. The number of fused-ring (bicyclic) bond motifs is 1. The third-order valence-corrected chi connectivity index (χ3v) is 5.78. The molecule has 0 unspecified atom stereocenters. The average Bonchev–Trinajstić information content (AvgIpc) is 3.15. The first kappa shape index (κ1) is 19.2. The number of aliphatic hydroxyl groups excluding tert-OH is 1. The van der Waals surface area contributed by atoms with Crippen molar-refractivity contribution in [1.82, 2.24) is 10.2 Å². The Labute approximate surface area is 172 Å². The Bertz CT molecular complexity index is 960. The largest absolute Gasteiger partial charge is 0.450 e. The molecule has 1 saturated heterocycles. The predicted molar refractivity (Wildman–Crippen MR) is 112 cm³/mol. The quantitative estimate of drug-likeness (QED) is 0.624. The molecule has 2 heterocycles. The molecule has 0 radical (unpaired) electrons. The lowest BCUT2D eigenvalue weighted by atomic mass is 10.1. The minimum atomic E-state index is -0.223. The lowest BCUT2D eigenvalue weighted by molar-refractivity contribution is 0.0792. The molecule has 5 nitrogen and oxygen atoms in total. The molecule has 1 aliphatic rings. The number of hydrogen-bond acceptors (Lipinski definition) is 4. The molecule has 146 valence electrons. The molecule has 1 amide bonds. The van der Waals surface area contributed by atoms with E-state index in [2.05, 4.69) is 38.3 Å². The average molecular weight is 443 g/mol. The van der Waals surface area contributed by atoms with Crippen molar-refractivity contribution in [3.8, 4) is 0 Å². The number of nitrogens with one attached hydrogen (secondary N) is 1. The number of piperidine rings is 1. The van der Waals surface area contributed by atoms with Crippen LogP contribution in [0.5, 0.6) is 0 Å². The number of benzene rings is 2. The van der Waals surface area contributed by atoms with Gasteiger partial charge < -0.3 is 14.8 Å². The number of likely N-dealkylation sites (tertiary alicyclic amines) is 1. The molecule has 2 aromatic carbocycles. The SMILES string of the molecule is O=C(NCc1ccc(CN2CCC(O)CC2)cc1)c1cc2cccc(Br)c2o1. The van der Waals surface area contributed by atoms with Gasteiger partial charge in [-0.1, -0.05) is 36.4 Å². The molecule has 1 aliphatic heterocycles. The Morgan fingerprint density at radius 2 is 1.86 bits per heavy atom. The zero-order valence-electron chi connectivity index (χ0n) is 15.5. The third kappa shape index (κ3) is 4.46. The van der Waals surface area contributed by atoms with Gasteiger partial charge in [-0.25, -0.2) is 0 Å². The summed E-state index contributed by atoms with van der Waals surface area (Å²) in [5.41, 5.74) is 2.97. The second-order valence-corrected chi connectivity index (χ2v) is 8.13. The fourth-order valence-corrected chi connectivity index (χ4v) is 3.97. The monoisotopic (exact) mass is 442 g/mol. The summed E-state index contributed by atoms with van der Waals surface area (Å²) >= 11 is 3.44. The first-order chi connectivity index (χ1) is 13.6. The van der Waals surface area contributed by atoms with Gasteiger partial charge in [-0.3, -0.25) is 9.69 Å². The summed E-state index contributed by atoms with van der Waals surface area (Å²) in [7, 11) is 0. The van der Waals surface area contributed by atoms with Gasteiger partial charge in [-0.15, -0.1) is 0 Å². The van der Waals surface area contributed by atoms with Gasteiger partial charge in [0.2, 0.25) is 0 Å². The smallest absolute Gasteiger partial charge is 0.287 e. The van der Waals surface area contributed by atoms with Crippen LogP contribution in [0.25, 0.3) is 11.0 Å². The van der Waals surface area contributed by atoms with Crippen LogP contribution in [-0.4, -0.2) is 35.1 Å². The topological polar surface area (TPSA) is 65.7 Å². The first-order valence-electron chi connectivity index (χ1n) is 9.53. The molecule has 0 spiro atoms. The number of hydrogen-bond donors (Lipinski definition) is 2. The van der Waals surface area contributed by atoms with Crippen LogP contribution in [0.15, 0.2) is 57.4 Å². The van der Waals surface area contributed by atoms with Crippen LogP contribution < -0.4 is 5.32 Å². The van der Waals surface area contributed by atoms with Crippen LogP contribution in [0.3, 0.4) is 0 Å². The van der Waals surface area contributed by atoms with Gasteiger partial charge in [0.15, 0.2) is 5.76 Å². The highest BCUT2D eigenvalue weighted by Gasteiger charge is 2.17. The molecule has 4 rings (SSSR count). The highest BCUT2D eigenvalue weighted by atomic mass is 79.9. The van der Waals surface area contributed by atoms with Gasteiger partial charge >= 0.3 is 0 Å². The number of rotatable bonds is 5. The normalized spacial score (nSPS) is 15.8. The van der Waals surface area contributed by atoms with Crippen molar-refractivity contribution in [2.24, 2.45) is 0 Å². The van der Waals surface area contributed by atoms with Crippen molar-refractivity contribution in [3.05, 3.63) is 69.9 Å². The molecule has 0 atom stereocenters. The molecule has 1 aromatic heterocycles. The standard InChI is InChI=1S/C22H23BrN2O3/c23-19-3-1-2-17-12-20(28-21(17)19)22(27)24-13-15-4-6-16(7-5-15)14-25-10-8-18(26)9-11-25/h1-7,12,18,26H,8-11,13-14H2,(H,24,27). The summed E-state index contributed by atoms with van der Waals surface area (Å²) in [6, 6.07) is 15.8. The number of amides is 1. The van der Waals surface area contributed by atoms with Crippen LogP contribution >= 0.6 is 15.9 Å². The van der Waals surface area contributed by atoms with Crippen LogP contribution in [-0.2, 0) is 13.1 Å². The van der Waals surface area contributed by atoms with Crippen molar-refractivity contribution in [2.75, 3.05) is 13.1 Å². The minimum Gasteiger partial charge on any atom is -0.450 e. The summed E-state index contributed by atoms with van der Waals surface area (Å²) in [6.07, 6.45) is 1.56. The summed E-state index contributed by atoms with van der Waals surface area (Å²) < 4.78 is 6.51. The molecule has 0 saturated carbocycles. The third-order valence-electron chi connectivity index (χ3n) is 5.16. The molecule has 0 aliphatic carbocycles. The Hall–Kier alpha value is -2.15. The Morgan fingerprint density at radius 3 is 2.57 bits per heavy atom. The summed E-state index contributed by atoms with van der Waals surface area (Å²) in [6.45, 7) is 3.22. The molecule has 1 fully saturated rings. The van der Waals surface area contributed by atoms with Gasteiger partial charge in [0.1, 0.15) is 5.58 Å². The Balaban J connectivity index is 1.32. The number of aliphatic hydroxyl groups is 1. The summed E-state index contributed by atoms with van der Waals surface area (Å²) in [5.74, 6) is 0.0878. The summed E-state index contributed by atoms with van der Waals surface area (Å²) in [4.78, 5) is 14.8. The zero-order valence-corrected chi connectivity index (χ0v) is 17.1. The molecular formula is C22H23BrN2O3.